The largest absolute Gasteiger partial charge is 0.394 e. The number of nitrogens with two attached hydrogens (primary N) is 2. The maximum atomic E-state index is 8.39. The second-order valence-electron chi connectivity index (χ2n) is 2.02. The van der Waals surface area contributed by atoms with Gasteiger partial charge >= 0.3 is 0 Å². The normalized spacial score (nSPS) is 18.9. The Kier molecular flexibility index (Phi) is 2.22. The molecule has 3 nitrogen and oxygen atoms in total. The van der Waals surface area contributed by atoms with Crippen molar-refractivity contribution in [2.45, 2.75) is 12.5 Å². The minimum atomic E-state index is -0.583. The van der Waals surface area contributed by atoms with E-state index in [2.05, 4.69) is 0 Å². The van der Waals surface area contributed by atoms with Crippen LogP contribution < -0.4 is 11.5 Å². The molecular formula is C4H12N2O. The van der Waals surface area contributed by atoms with Crippen molar-refractivity contribution in [2.24, 2.45) is 11.5 Å². The van der Waals surface area contributed by atoms with Gasteiger partial charge in [-0.05, 0) is 6.92 Å². The number of rotatable bonds is 2. The predicted molar refractivity (Wildman–Crippen MR) is 28.7 cm³/mol. The molecule has 0 spiro atoms. The lowest BCUT2D eigenvalue weighted by atomic mass is 10.1. The lowest BCUT2D eigenvalue weighted by molar-refractivity contribution is 0.213. The van der Waals surface area contributed by atoms with E-state index in [1.54, 1.807) is 6.92 Å². The Hall–Kier alpha value is -0.120. The first-order valence-corrected chi connectivity index (χ1v) is 2.22. The Morgan fingerprint density at radius 1 is 1.71 bits per heavy atom. The summed E-state index contributed by atoms with van der Waals surface area (Å²) in [5.41, 5.74) is 9.89. The van der Waals surface area contributed by atoms with Gasteiger partial charge in [0.25, 0.3) is 0 Å². The molecule has 0 aromatic rings. The highest BCUT2D eigenvalue weighted by molar-refractivity contribution is 4.77. The topological polar surface area (TPSA) is 72.3 Å². The van der Waals surface area contributed by atoms with E-state index < -0.39 is 5.54 Å². The van der Waals surface area contributed by atoms with E-state index in [4.69, 9.17) is 16.6 Å². The molecule has 0 saturated carbocycles. The van der Waals surface area contributed by atoms with Crippen molar-refractivity contribution in [1.82, 2.24) is 0 Å². The molecule has 0 aliphatic carbocycles. The average Bonchev–Trinajstić information content (AvgIpc) is 1.68. The summed E-state index contributed by atoms with van der Waals surface area (Å²) in [5, 5.41) is 8.39. The summed E-state index contributed by atoms with van der Waals surface area (Å²) in [6.07, 6.45) is 0. The fourth-order valence-corrected chi connectivity index (χ4v) is 0.0645. The molecule has 0 saturated heterocycles. The van der Waals surface area contributed by atoms with Crippen molar-refractivity contribution in [2.75, 3.05) is 13.2 Å². The monoisotopic (exact) mass is 104 g/mol. The molecule has 0 bridgehead atoms. The molecule has 0 aliphatic rings. The highest BCUT2D eigenvalue weighted by atomic mass is 16.3. The highest BCUT2D eigenvalue weighted by Crippen LogP contribution is 1.89. The standard InChI is InChI=1S/C4H12N2O/c1-4(6,2-5)3-7/h7H,2-3,5-6H2,1H3. The van der Waals surface area contributed by atoms with Crippen LogP contribution in [0, 0.1) is 0 Å². The van der Waals surface area contributed by atoms with Crippen LogP contribution in [0.2, 0.25) is 0 Å². The van der Waals surface area contributed by atoms with E-state index in [0.29, 0.717) is 6.54 Å². The van der Waals surface area contributed by atoms with Gasteiger partial charge in [0.1, 0.15) is 0 Å². The van der Waals surface area contributed by atoms with Crippen molar-refractivity contribution < 1.29 is 5.11 Å². The molecule has 5 N–H and O–H groups in total. The molecule has 0 radical (unpaired) electrons. The van der Waals surface area contributed by atoms with Gasteiger partial charge in [-0.1, -0.05) is 0 Å². The fraction of sp³-hybridized carbons (Fsp3) is 1.00. The Bertz CT molecular complexity index is 47.7. The third-order valence-electron chi connectivity index (χ3n) is 0.828. The van der Waals surface area contributed by atoms with Gasteiger partial charge in [0, 0.05) is 12.1 Å². The molecule has 44 valence electrons. The molecule has 0 aromatic carbocycles. The minimum Gasteiger partial charge on any atom is -0.394 e. The van der Waals surface area contributed by atoms with Gasteiger partial charge in [0.2, 0.25) is 0 Å². The Morgan fingerprint density at radius 2 is 2.14 bits per heavy atom. The van der Waals surface area contributed by atoms with Crippen molar-refractivity contribution in [3.63, 3.8) is 0 Å². The van der Waals surface area contributed by atoms with Gasteiger partial charge in [-0.3, -0.25) is 0 Å². The molecule has 0 amide bonds. The number of hydrogen-bond donors (Lipinski definition) is 3. The number of aliphatic hydroxyl groups excluding tert-OH is 1. The zero-order valence-electron chi connectivity index (χ0n) is 4.52. The fourth-order valence-electron chi connectivity index (χ4n) is 0.0645. The van der Waals surface area contributed by atoms with Gasteiger partial charge in [0.05, 0.1) is 6.61 Å². The summed E-state index contributed by atoms with van der Waals surface area (Å²) >= 11 is 0. The Labute approximate surface area is 43.3 Å². The quantitative estimate of drug-likeness (QED) is 0.406. The van der Waals surface area contributed by atoms with E-state index in [0.717, 1.165) is 0 Å². The van der Waals surface area contributed by atoms with Crippen LogP contribution in [0.15, 0.2) is 0 Å². The third-order valence-corrected chi connectivity index (χ3v) is 0.828. The molecule has 0 fully saturated rings. The van der Waals surface area contributed by atoms with Crippen LogP contribution in [0.4, 0.5) is 0 Å². The van der Waals surface area contributed by atoms with Crippen molar-refractivity contribution in [3.05, 3.63) is 0 Å². The van der Waals surface area contributed by atoms with E-state index in [9.17, 15) is 0 Å². The van der Waals surface area contributed by atoms with E-state index in [1.165, 1.54) is 0 Å². The van der Waals surface area contributed by atoms with Crippen LogP contribution in [-0.4, -0.2) is 23.8 Å². The van der Waals surface area contributed by atoms with Crippen molar-refractivity contribution in [3.8, 4) is 0 Å². The van der Waals surface area contributed by atoms with Crippen molar-refractivity contribution in [1.29, 1.82) is 0 Å². The lowest BCUT2D eigenvalue weighted by Crippen LogP contribution is -2.47. The van der Waals surface area contributed by atoms with Crippen LogP contribution >= 0.6 is 0 Å². The van der Waals surface area contributed by atoms with Crippen molar-refractivity contribution >= 4 is 0 Å². The Morgan fingerprint density at radius 3 is 2.14 bits per heavy atom. The van der Waals surface area contributed by atoms with Crippen LogP contribution in [0.25, 0.3) is 0 Å². The smallest absolute Gasteiger partial charge is 0.0620 e. The first-order chi connectivity index (χ1) is 3.12. The summed E-state index contributed by atoms with van der Waals surface area (Å²) in [6.45, 7) is 1.97. The summed E-state index contributed by atoms with van der Waals surface area (Å²) < 4.78 is 0. The molecule has 0 heterocycles. The summed E-state index contributed by atoms with van der Waals surface area (Å²) in [5.74, 6) is 0. The van der Waals surface area contributed by atoms with Crippen LogP contribution in [0.3, 0.4) is 0 Å². The molecule has 3 heteroatoms. The van der Waals surface area contributed by atoms with Crippen LogP contribution in [0.1, 0.15) is 6.92 Å². The summed E-state index contributed by atoms with van der Waals surface area (Å²) in [6, 6.07) is 0. The van der Waals surface area contributed by atoms with Gasteiger partial charge in [0.15, 0.2) is 0 Å². The molecule has 0 rings (SSSR count). The molecular weight excluding hydrogens is 92.1 g/mol. The zero-order valence-corrected chi connectivity index (χ0v) is 4.52. The number of hydrogen-bond acceptors (Lipinski definition) is 3. The first-order valence-electron chi connectivity index (χ1n) is 2.22. The Balaban J connectivity index is 3.36. The van der Waals surface area contributed by atoms with Gasteiger partial charge in [-0.2, -0.15) is 0 Å². The highest BCUT2D eigenvalue weighted by Gasteiger charge is 2.12. The first kappa shape index (κ1) is 6.88. The van der Waals surface area contributed by atoms with Gasteiger partial charge in [-0.15, -0.1) is 0 Å². The molecule has 0 aliphatic heterocycles. The zero-order chi connectivity index (χ0) is 5.91. The second-order valence-corrected chi connectivity index (χ2v) is 2.02. The average molecular weight is 104 g/mol. The lowest BCUT2D eigenvalue weighted by Gasteiger charge is -2.17. The molecule has 1 unspecified atom stereocenters. The third kappa shape index (κ3) is 2.56. The maximum Gasteiger partial charge on any atom is 0.0620 e. The molecule has 0 aromatic heterocycles. The predicted octanol–water partition coefficient (Wildman–Crippen LogP) is -1.35. The second kappa shape index (κ2) is 2.26. The maximum absolute atomic E-state index is 8.39. The van der Waals surface area contributed by atoms with Crippen LogP contribution in [0.5, 0.6) is 0 Å². The summed E-state index contributed by atoms with van der Waals surface area (Å²) in [7, 11) is 0. The van der Waals surface area contributed by atoms with E-state index in [-0.39, 0.29) is 6.61 Å². The minimum absolute atomic E-state index is 0.0521. The van der Waals surface area contributed by atoms with E-state index >= 15 is 0 Å². The summed E-state index contributed by atoms with van der Waals surface area (Å²) in [4.78, 5) is 0. The van der Waals surface area contributed by atoms with Gasteiger partial charge < -0.3 is 16.6 Å². The SMILES string of the molecule is CC(N)(CN)CO. The molecule has 1 atom stereocenters. The van der Waals surface area contributed by atoms with Crippen LogP contribution in [-0.2, 0) is 0 Å². The van der Waals surface area contributed by atoms with Gasteiger partial charge in [-0.25, -0.2) is 0 Å². The molecule has 7 heavy (non-hydrogen) atoms. The van der Waals surface area contributed by atoms with E-state index in [1.807, 2.05) is 0 Å². The number of aliphatic hydroxyl groups is 1.